The van der Waals surface area contributed by atoms with Crippen molar-refractivity contribution in [2.45, 2.75) is 13.3 Å². The number of nitrogen functional groups attached to an aromatic ring is 1. The lowest BCUT2D eigenvalue weighted by Gasteiger charge is -2.02. The molecule has 0 radical (unpaired) electrons. The van der Waals surface area contributed by atoms with Crippen molar-refractivity contribution in [2.75, 3.05) is 5.73 Å². The molecule has 0 aliphatic rings. The van der Waals surface area contributed by atoms with Gasteiger partial charge >= 0.3 is 0 Å². The molecule has 0 saturated carbocycles. The molecule has 78 valence electrons. The number of aryl methyl sites for hydroxylation is 1. The fourth-order valence-electron chi connectivity index (χ4n) is 1.49. The van der Waals surface area contributed by atoms with Crippen LogP contribution in [0.5, 0.6) is 5.75 Å². The Morgan fingerprint density at radius 3 is 2.80 bits per heavy atom. The number of benzene rings is 1. The normalized spacial score (nSPS) is 10.5. The SMILES string of the molecule is CCc1sc(N)nc1-c1ccccc1O. The lowest BCUT2D eigenvalue weighted by Crippen LogP contribution is -1.85. The third-order valence-corrected chi connectivity index (χ3v) is 3.22. The zero-order valence-corrected chi connectivity index (χ0v) is 9.21. The molecule has 0 amide bonds. The molecular weight excluding hydrogens is 208 g/mol. The van der Waals surface area contributed by atoms with E-state index in [0.29, 0.717) is 5.13 Å². The third kappa shape index (κ3) is 1.80. The number of nitrogens with two attached hydrogens (primary N) is 1. The summed E-state index contributed by atoms with van der Waals surface area (Å²) < 4.78 is 0. The van der Waals surface area contributed by atoms with Crippen molar-refractivity contribution in [1.82, 2.24) is 4.98 Å². The van der Waals surface area contributed by atoms with Gasteiger partial charge in [0.25, 0.3) is 0 Å². The molecule has 1 aromatic carbocycles. The number of anilines is 1. The number of thiazole rings is 1. The zero-order chi connectivity index (χ0) is 10.8. The molecule has 0 bridgehead atoms. The summed E-state index contributed by atoms with van der Waals surface area (Å²) in [4.78, 5) is 5.35. The summed E-state index contributed by atoms with van der Waals surface area (Å²) in [5, 5.41) is 10.3. The summed E-state index contributed by atoms with van der Waals surface area (Å²) in [6.45, 7) is 2.05. The molecule has 2 aromatic rings. The maximum absolute atomic E-state index is 9.72. The van der Waals surface area contributed by atoms with E-state index >= 15 is 0 Å². The van der Waals surface area contributed by atoms with Gasteiger partial charge in [-0.25, -0.2) is 4.98 Å². The van der Waals surface area contributed by atoms with Crippen LogP contribution in [0.1, 0.15) is 11.8 Å². The van der Waals surface area contributed by atoms with E-state index in [1.165, 1.54) is 11.3 Å². The van der Waals surface area contributed by atoms with E-state index in [1.54, 1.807) is 12.1 Å². The standard InChI is InChI=1S/C11H12N2OS/c1-2-9-10(13-11(12)15-9)7-5-3-4-6-8(7)14/h3-6,14H,2H2,1H3,(H2,12,13). The van der Waals surface area contributed by atoms with Crippen molar-refractivity contribution in [3.63, 3.8) is 0 Å². The largest absolute Gasteiger partial charge is 0.507 e. The second kappa shape index (κ2) is 3.90. The highest BCUT2D eigenvalue weighted by Crippen LogP contribution is 2.34. The van der Waals surface area contributed by atoms with Crippen molar-refractivity contribution in [3.8, 4) is 17.0 Å². The molecule has 0 saturated heterocycles. The van der Waals surface area contributed by atoms with E-state index in [2.05, 4.69) is 11.9 Å². The monoisotopic (exact) mass is 220 g/mol. The predicted octanol–water partition coefficient (Wildman–Crippen LogP) is 2.66. The van der Waals surface area contributed by atoms with Crippen LogP contribution in [-0.4, -0.2) is 10.1 Å². The molecular formula is C11H12N2OS. The summed E-state index contributed by atoms with van der Waals surface area (Å²) in [5.41, 5.74) is 7.22. The second-order valence-corrected chi connectivity index (χ2v) is 4.31. The van der Waals surface area contributed by atoms with Crippen LogP contribution in [-0.2, 0) is 6.42 Å². The van der Waals surface area contributed by atoms with Gasteiger partial charge in [-0.3, -0.25) is 0 Å². The van der Waals surface area contributed by atoms with Crippen molar-refractivity contribution in [1.29, 1.82) is 0 Å². The smallest absolute Gasteiger partial charge is 0.180 e. The molecule has 1 heterocycles. The maximum atomic E-state index is 9.72. The zero-order valence-electron chi connectivity index (χ0n) is 8.40. The Balaban J connectivity index is 2.58. The van der Waals surface area contributed by atoms with Crippen molar-refractivity contribution < 1.29 is 5.11 Å². The highest BCUT2D eigenvalue weighted by Gasteiger charge is 2.12. The molecule has 4 heteroatoms. The molecule has 15 heavy (non-hydrogen) atoms. The highest BCUT2D eigenvalue weighted by molar-refractivity contribution is 7.15. The first-order valence-electron chi connectivity index (χ1n) is 4.76. The number of nitrogens with zero attached hydrogens (tertiary/aromatic N) is 1. The van der Waals surface area contributed by atoms with Crippen LogP contribution in [0.15, 0.2) is 24.3 Å². The van der Waals surface area contributed by atoms with Gasteiger partial charge in [0, 0.05) is 10.4 Å². The van der Waals surface area contributed by atoms with Crippen molar-refractivity contribution >= 4 is 16.5 Å². The van der Waals surface area contributed by atoms with Crippen LogP contribution in [0.25, 0.3) is 11.3 Å². The summed E-state index contributed by atoms with van der Waals surface area (Å²) in [7, 11) is 0. The Morgan fingerprint density at radius 1 is 1.40 bits per heavy atom. The molecule has 0 spiro atoms. The van der Waals surface area contributed by atoms with Crippen LogP contribution in [0, 0.1) is 0 Å². The van der Waals surface area contributed by atoms with Crippen LogP contribution in [0.3, 0.4) is 0 Å². The van der Waals surface area contributed by atoms with Crippen LogP contribution in [0.2, 0.25) is 0 Å². The van der Waals surface area contributed by atoms with Gasteiger partial charge in [-0.05, 0) is 18.6 Å². The Hall–Kier alpha value is -1.55. The first-order valence-corrected chi connectivity index (χ1v) is 5.57. The Kier molecular flexibility index (Phi) is 2.60. The minimum Gasteiger partial charge on any atom is -0.507 e. The minimum atomic E-state index is 0.248. The van der Waals surface area contributed by atoms with Gasteiger partial charge in [0.1, 0.15) is 5.75 Å². The quantitative estimate of drug-likeness (QED) is 0.818. The van der Waals surface area contributed by atoms with E-state index in [9.17, 15) is 5.11 Å². The number of aromatic nitrogens is 1. The number of hydrogen-bond acceptors (Lipinski definition) is 4. The van der Waals surface area contributed by atoms with E-state index < -0.39 is 0 Å². The van der Waals surface area contributed by atoms with Gasteiger partial charge < -0.3 is 10.8 Å². The van der Waals surface area contributed by atoms with Crippen LogP contribution in [0.4, 0.5) is 5.13 Å². The van der Waals surface area contributed by atoms with Gasteiger partial charge in [0.2, 0.25) is 0 Å². The molecule has 3 nitrogen and oxygen atoms in total. The molecule has 0 aliphatic heterocycles. The summed E-state index contributed by atoms with van der Waals surface area (Å²) in [6.07, 6.45) is 0.874. The number of hydrogen-bond donors (Lipinski definition) is 2. The van der Waals surface area contributed by atoms with Gasteiger partial charge in [-0.1, -0.05) is 19.1 Å². The Bertz CT molecular complexity index is 479. The summed E-state index contributed by atoms with van der Waals surface area (Å²) >= 11 is 1.47. The highest BCUT2D eigenvalue weighted by atomic mass is 32.1. The fourth-order valence-corrected chi connectivity index (χ4v) is 2.28. The molecule has 1 aromatic heterocycles. The van der Waals surface area contributed by atoms with Crippen molar-refractivity contribution in [2.24, 2.45) is 0 Å². The molecule has 0 atom stereocenters. The number of phenols is 1. The Morgan fingerprint density at radius 2 is 2.13 bits per heavy atom. The third-order valence-electron chi connectivity index (χ3n) is 2.19. The number of para-hydroxylation sites is 1. The number of phenolic OH excluding ortho intramolecular Hbond substituents is 1. The Labute approximate surface area is 92.2 Å². The van der Waals surface area contributed by atoms with E-state index in [1.807, 2.05) is 12.1 Å². The van der Waals surface area contributed by atoms with Gasteiger partial charge in [-0.15, -0.1) is 11.3 Å². The van der Waals surface area contributed by atoms with E-state index in [-0.39, 0.29) is 5.75 Å². The molecule has 0 fully saturated rings. The van der Waals surface area contributed by atoms with Gasteiger partial charge in [0.05, 0.1) is 5.69 Å². The minimum absolute atomic E-state index is 0.248. The summed E-state index contributed by atoms with van der Waals surface area (Å²) in [5.74, 6) is 0.248. The van der Waals surface area contributed by atoms with E-state index in [0.717, 1.165) is 22.6 Å². The summed E-state index contributed by atoms with van der Waals surface area (Å²) in [6, 6.07) is 7.18. The lowest BCUT2D eigenvalue weighted by molar-refractivity contribution is 0.477. The second-order valence-electron chi connectivity index (χ2n) is 3.19. The first kappa shape index (κ1) is 9.98. The molecule has 0 unspecified atom stereocenters. The fraction of sp³-hybridized carbons (Fsp3) is 0.182. The predicted molar refractivity (Wildman–Crippen MR) is 63.0 cm³/mol. The molecule has 2 rings (SSSR count). The van der Waals surface area contributed by atoms with Crippen LogP contribution < -0.4 is 5.73 Å². The number of rotatable bonds is 2. The average molecular weight is 220 g/mol. The van der Waals surface area contributed by atoms with Crippen LogP contribution >= 0.6 is 11.3 Å². The maximum Gasteiger partial charge on any atom is 0.180 e. The number of aromatic hydroxyl groups is 1. The first-order chi connectivity index (χ1) is 7.22. The topological polar surface area (TPSA) is 59.1 Å². The molecule has 3 N–H and O–H groups in total. The van der Waals surface area contributed by atoms with Gasteiger partial charge in [0.15, 0.2) is 5.13 Å². The van der Waals surface area contributed by atoms with E-state index in [4.69, 9.17) is 5.73 Å². The van der Waals surface area contributed by atoms with Crippen molar-refractivity contribution in [3.05, 3.63) is 29.1 Å². The lowest BCUT2D eigenvalue weighted by atomic mass is 10.1. The average Bonchev–Trinajstić information content (AvgIpc) is 2.60. The molecule has 0 aliphatic carbocycles. The van der Waals surface area contributed by atoms with Gasteiger partial charge in [-0.2, -0.15) is 0 Å².